The van der Waals surface area contributed by atoms with Crippen molar-refractivity contribution in [3.63, 3.8) is 0 Å². The molecule has 0 bridgehead atoms. The second-order valence-electron chi connectivity index (χ2n) is 4.30. The molecule has 0 aliphatic carbocycles. The van der Waals surface area contributed by atoms with Crippen molar-refractivity contribution in [1.29, 1.82) is 0 Å². The first kappa shape index (κ1) is 12.3. The lowest BCUT2D eigenvalue weighted by Crippen LogP contribution is -2.27. The first-order chi connectivity index (χ1) is 8.20. The summed E-state index contributed by atoms with van der Waals surface area (Å²) < 4.78 is 19.1. The molecule has 1 heterocycles. The van der Waals surface area contributed by atoms with Crippen LogP contribution in [0.2, 0.25) is 0 Å². The van der Waals surface area contributed by atoms with Crippen LogP contribution in [0.5, 0.6) is 0 Å². The lowest BCUT2D eigenvalue weighted by atomic mass is 10.1. The number of benzene rings is 1. The molecule has 1 aromatic rings. The minimum Gasteiger partial charge on any atom is -0.389 e. The van der Waals surface area contributed by atoms with Crippen molar-refractivity contribution in [3.05, 3.63) is 29.6 Å². The third-order valence-corrected chi connectivity index (χ3v) is 3.01. The van der Waals surface area contributed by atoms with Gasteiger partial charge < -0.3 is 14.7 Å². The van der Waals surface area contributed by atoms with E-state index in [2.05, 4.69) is 4.90 Å². The zero-order valence-corrected chi connectivity index (χ0v) is 10.0. The molecule has 3 nitrogen and oxygen atoms in total. The molecular weight excluding hydrogens is 221 g/mol. The molecule has 4 heteroatoms. The molecule has 1 N–H and O–H groups in total. The van der Waals surface area contributed by atoms with Gasteiger partial charge in [-0.3, -0.25) is 0 Å². The van der Waals surface area contributed by atoms with Crippen LogP contribution in [0.25, 0.3) is 0 Å². The Morgan fingerprint density at radius 3 is 2.94 bits per heavy atom. The maximum Gasteiger partial charge on any atom is 0.131 e. The molecule has 0 spiro atoms. The van der Waals surface area contributed by atoms with Gasteiger partial charge in [0.2, 0.25) is 0 Å². The van der Waals surface area contributed by atoms with Crippen molar-refractivity contribution in [2.45, 2.75) is 19.4 Å². The van der Waals surface area contributed by atoms with Gasteiger partial charge in [0, 0.05) is 30.9 Å². The second-order valence-corrected chi connectivity index (χ2v) is 4.30. The Bertz CT molecular complexity index is 374. The number of ether oxygens (including phenoxy) is 1. The Labute approximate surface area is 101 Å². The van der Waals surface area contributed by atoms with Crippen LogP contribution in [0.3, 0.4) is 0 Å². The second kappa shape index (κ2) is 5.47. The molecule has 1 aliphatic rings. The number of nitrogens with zero attached hydrogens (tertiary/aromatic N) is 1. The van der Waals surface area contributed by atoms with E-state index in [1.165, 1.54) is 6.07 Å². The molecule has 1 unspecified atom stereocenters. The van der Waals surface area contributed by atoms with Crippen LogP contribution in [-0.4, -0.2) is 31.4 Å². The quantitative estimate of drug-likeness (QED) is 0.858. The molecule has 0 radical (unpaired) electrons. The van der Waals surface area contributed by atoms with Gasteiger partial charge >= 0.3 is 0 Å². The molecule has 1 aliphatic heterocycles. The normalized spacial score (nSPS) is 18.9. The third-order valence-electron chi connectivity index (χ3n) is 3.01. The molecular formula is C13H18FNO2. The van der Waals surface area contributed by atoms with Crippen LogP contribution < -0.4 is 4.90 Å². The Hall–Kier alpha value is -1.13. The van der Waals surface area contributed by atoms with Gasteiger partial charge in [-0.05, 0) is 25.5 Å². The summed E-state index contributed by atoms with van der Waals surface area (Å²) in [6.45, 7) is 4.56. The van der Waals surface area contributed by atoms with Gasteiger partial charge in [-0.15, -0.1) is 0 Å². The number of aliphatic hydroxyl groups excluding tert-OH is 1. The molecule has 0 aromatic heterocycles. The minimum atomic E-state index is -0.796. The molecule has 0 amide bonds. The highest BCUT2D eigenvalue weighted by Crippen LogP contribution is 2.29. The zero-order chi connectivity index (χ0) is 12.3. The molecule has 0 saturated carbocycles. The van der Waals surface area contributed by atoms with E-state index in [9.17, 15) is 9.50 Å². The van der Waals surface area contributed by atoms with Gasteiger partial charge in [0.05, 0.1) is 12.7 Å². The Morgan fingerprint density at radius 2 is 2.18 bits per heavy atom. The molecule has 17 heavy (non-hydrogen) atoms. The summed E-state index contributed by atoms with van der Waals surface area (Å²) in [5, 5.41) is 9.69. The summed E-state index contributed by atoms with van der Waals surface area (Å²) in [7, 11) is 0. The lowest BCUT2D eigenvalue weighted by molar-refractivity contribution is 0.152. The van der Waals surface area contributed by atoms with Crippen LogP contribution in [0.4, 0.5) is 10.1 Å². The van der Waals surface area contributed by atoms with Gasteiger partial charge in [0.15, 0.2) is 0 Å². The first-order valence-electron chi connectivity index (χ1n) is 5.99. The zero-order valence-electron chi connectivity index (χ0n) is 10.0. The van der Waals surface area contributed by atoms with E-state index in [1.807, 2.05) is 6.07 Å². The van der Waals surface area contributed by atoms with E-state index in [0.717, 1.165) is 31.8 Å². The van der Waals surface area contributed by atoms with Gasteiger partial charge in [-0.25, -0.2) is 4.39 Å². The average Bonchev–Trinajstić information content (AvgIpc) is 2.56. The Morgan fingerprint density at radius 1 is 1.35 bits per heavy atom. The molecule has 94 valence electrons. The number of aliphatic hydroxyl groups is 1. The fourth-order valence-corrected chi connectivity index (χ4v) is 2.20. The van der Waals surface area contributed by atoms with Crippen molar-refractivity contribution in [2.24, 2.45) is 0 Å². The summed E-state index contributed by atoms with van der Waals surface area (Å²) in [6, 6.07) is 4.93. The van der Waals surface area contributed by atoms with Gasteiger partial charge in [-0.1, -0.05) is 6.07 Å². The fourth-order valence-electron chi connectivity index (χ4n) is 2.20. The number of anilines is 1. The minimum absolute atomic E-state index is 0.345. The maximum atomic E-state index is 13.7. The van der Waals surface area contributed by atoms with Gasteiger partial charge in [0.25, 0.3) is 0 Å². The molecule has 1 fully saturated rings. The summed E-state index contributed by atoms with van der Waals surface area (Å²) in [5.74, 6) is -0.345. The smallest absolute Gasteiger partial charge is 0.131 e. The van der Waals surface area contributed by atoms with E-state index in [-0.39, 0.29) is 5.82 Å². The van der Waals surface area contributed by atoms with Crippen LogP contribution in [0, 0.1) is 5.82 Å². The Balaban J connectivity index is 2.32. The van der Waals surface area contributed by atoms with E-state index in [0.29, 0.717) is 12.2 Å². The number of hydrogen-bond acceptors (Lipinski definition) is 3. The summed E-state index contributed by atoms with van der Waals surface area (Å²) in [5.41, 5.74) is 1.17. The summed E-state index contributed by atoms with van der Waals surface area (Å²) in [6.07, 6.45) is 0.130. The van der Waals surface area contributed by atoms with E-state index in [1.54, 1.807) is 13.0 Å². The average molecular weight is 239 g/mol. The summed E-state index contributed by atoms with van der Waals surface area (Å²) >= 11 is 0. The van der Waals surface area contributed by atoms with Crippen molar-refractivity contribution >= 4 is 5.69 Å². The van der Waals surface area contributed by atoms with Crippen LogP contribution in [0.1, 0.15) is 25.0 Å². The van der Waals surface area contributed by atoms with Gasteiger partial charge in [0.1, 0.15) is 5.82 Å². The highest BCUT2D eigenvalue weighted by molar-refractivity contribution is 5.55. The largest absolute Gasteiger partial charge is 0.389 e. The van der Waals surface area contributed by atoms with Crippen molar-refractivity contribution in [2.75, 3.05) is 31.2 Å². The number of rotatable bonds is 2. The third kappa shape index (κ3) is 2.76. The highest BCUT2D eigenvalue weighted by atomic mass is 19.1. The van der Waals surface area contributed by atoms with Crippen molar-refractivity contribution < 1.29 is 14.2 Å². The van der Waals surface area contributed by atoms with Gasteiger partial charge in [-0.2, -0.15) is 0 Å². The van der Waals surface area contributed by atoms with E-state index in [4.69, 9.17) is 4.74 Å². The topological polar surface area (TPSA) is 32.7 Å². The van der Waals surface area contributed by atoms with Crippen molar-refractivity contribution in [3.8, 4) is 0 Å². The SMILES string of the molecule is CC(O)c1c(F)cccc1N1CCCOCC1. The van der Waals surface area contributed by atoms with Crippen LogP contribution in [0.15, 0.2) is 18.2 Å². The lowest BCUT2D eigenvalue weighted by Gasteiger charge is -2.26. The summed E-state index contributed by atoms with van der Waals surface area (Å²) in [4.78, 5) is 2.08. The molecule has 2 rings (SSSR count). The van der Waals surface area contributed by atoms with Crippen molar-refractivity contribution in [1.82, 2.24) is 0 Å². The fraction of sp³-hybridized carbons (Fsp3) is 0.538. The van der Waals surface area contributed by atoms with E-state index < -0.39 is 6.10 Å². The van der Waals surface area contributed by atoms with Crippen LogP contribution in [-0.2, 0) is 4.74 Å². The molecule has 1 atom stereocenters. The predicted molar refractivity (Wildman–Crippen MR) is 64.7 cm³/mol. The predicted octanol–water partition coefficient (Wildman–Crippen LogP) is 2.11. The van der Waals surface area contributed by atoms with E-state index >= 15 is 0 Å². The monoisotopic (exact) mass is 239 g/mol. The number of halogens is 1. The molecule has 1 saturated heterocycles. The highest BCUT2D eigenvalue weighted by Gasteiger charge is 2.19. The Kier molecular flexibility index (Phi) is 3.97. The maximum absolute atomic E-state index is 13.7. The number of hydrogen-bond donors (Lipinski definition) is 1. The van der Waals surface area contributed by atoms with Crippen LogP contribution >= 0.6 is 0 Å². The first-order valence-corrected chi connectivity index (χ1v) is 5.99. The molecule has 1 aromatic carbocycles. The standard InChI is InChI=1S/C13H18FNO2/c1-10(16)13-11(14)4-2-5-12(13)15-6-3-8-17-9-7-15/h2,4-5,10,16H,3,6-9H2,1H3.